The summed E-state index contributed by atoms with van der Waals surface area (Å²) in [7, 11) is 0. The van der Waals surface area contributed by atoms with Crippen LogP contribution in [0.5, 0.6) is 11.8 Å². The first kappa shape index (κ1) is 69.2. The van der Waals surface area contributed by atoms with E-state index < -0.39 is 0 Å². The predicted molar refractivity (Wildman–Crippen MR) is 395 cm³/mol. The number of hydrogen-bond donors (Lipinski definition) is 3. The Bertz CT molecular complexity index is 4510. The first-order valence-electron chi connectivity index (χ1n) is 38.4. The number of nitrogens with zero attached hydrogens (tertiary/aromatic N) is 13. The topological polar surface area (TPSA) is 222 Å². The van der Waals surface area contributed by atoms with E-state index in [0.29, 0.717) is 154 Å². The fraction of sp³-hybridized carbons (Fsp3) is 0.636. The lowest BCUT2D eigenvalue weighted by molar-refractivity contribution is 0.217. The smallest absolute Gasteiger partial charge is 0.263 e. The largest absolute Gasteiger partial charge is 0.494 e. The minimum absolute atomic E-state index is 0.111. The third-order valence-electron chi connectivity index (χ3n) is 23.3. The molecule has 0 radical (unpaired) electrons. The van der Waals surface area contributed by atoms with Crippen molar-refractivity contribution in [2.45, 2.75) is 161 Å². The molecule has 2 aromatic carbocycles. The summed E-state index contributed by atoms with van der Waals surface area (Å²) in [6, 6.07) is 8.84. The zero-order chi connectivity index (χ0) is 67.9. The number of rotatable bonds is 22. The van der Waals surface area contributed by atoms with Crippen LogP contribution in [-0.2, 0) is 26.2 Å². The van der Waals surface area contributed by atoms with Gasteiger partial charge in [0.1, 0.15) is 0 Å². The molecule has 0 amide bonds. The van der Waals surface area contributed by atoms with Crippen molar-refractivity contribution in [2.24, 2.45) is 9.98 Å². The lowest BCUT2D eigenvalue weighted by atomic mass is 9.89. The van der Waals surface area contributed by atoms with Crippen LogP contribution in [0.1, 0.15) is 135 Å². The van der Waals surface area contributed by atoms with E-state index in [2.05, 4.69) is 39.6 Å². The molecule has 4 aromatic rings. The maximum atomic E-state index is 14.7. The molecule has 0 atom stereocenters. The van der Waals surface area contributed by atoms with Crippen LogP contribution in [0.2, 0.25) is 0 Å². The Morgan fingerprint density at radius 1 is 0.303 bits per heavy atom. The number of pyridine rings is 4. The number of likely N-dealkylation sites (tertiary alicyclic amines) is 7. The highest BCUT2D eigenvalue weighted by Gasteiger charge is 2.32. The summed E-state index contributed by atoms with van der Waals surface area (Å²) in [5.74, 6) is -0.239. The number of nitrogens with one attached hydrogen (secondary N) is 1. The van der Waals surface area contributed by atoms with Crippen molar-refractivity contribution in [2.75, 3.05) is 162 Å². The van der Waals surface area contributed by atoms with E-state index in [1.807, 2.05) is 6.07 Å². The van der Waals surface area contributed by atoms with E-state index in [4.69, 9.17) is 9.98 Å². The Labute approximate surface area is 579 Å². The number of hydrogen-bond acceptors (Lipinski definition) is 18. The zero-order valence-electron chi connectivity index (χ0n) is 58.7. The van der Waals surface area contributed by atoms with E-state index >= 15 is 0 Å². The van der Waals surface area contributed by atoms with Gasteiger partial charge >= 0.3 is 0 Å². The molecule has 532 valence electrons. The van der Waals surface area contributed by atoms with Crippen LogP contribution < -0.4 is 49.4 Å². The summed E-state index contributed by atoms with van der Waals surface area (Å²) >= 11 is 0. The summed E-state index contributed by atoms with van der Waals surface area (Å²) in [6.07, 6.45) is 24.9. The SMILES string of the molecule is O=c1c2c(=NCCN3CCCCC3)cc3c(=O)n(CCN4CCCCC4)c(=O)c4ccc(c(O)n1CCN1CCCCC1)c2c4-3.O=c1c2cc(NCCN3CCCCC3)c3c4c2c(c(O)n1CCN1CCCCC1)c(=NCCN1CCCCC1)cc-4c(=O)n(CCN1CCCCC1)c3=O. The molecule has 11 heterocycles. The van der Waals surface area contributed by atoms with E-state index in [1.165, 1.54) is 102 Å². The van der Waals surface area contributed by atoms with Crippen LogP contribution in [0.15, 0.2) is 69.1 Å². The fourth-order valence-corrected chi connectivity index (χ4v) is 17.6. The Morgan fingerprint density at radius 3 is 1.10 bits per heavy atom. The van der Waals surface area contributed by atoms with E-state index in [1.54, 1.807) is 24.3 Å². The van der Waals surface area contributed by atoms with Gasteiger partial charge in [-0.3, -0.25) is 57.0 Å². The predicted octanol–water partition coefficient (Wildman–Crippen LogP) is 6.34. The molecule has 3 N–H and O–H groups in total. The highest BCUT2D eigenvalue weighted by molar-refractivity contribution is 6.19. The summed E-state index contributed by atoms with van der Waals surface area (Å²) < 4.78 is 5.76. The summed E-state index contributed by atoms with van der Waals surface area (Å²) in [4.78, 5) is 113. The van der Waals surface area contributed by atoms with Gasteiger partial charge in [0, 0.05) is 117 Å². The molecule has 9 aliphatic heterocycles. The van der Waals surface area contributed by atoms with Gasteiger partial charge in [-0.1, -0.05) is 44.9 Å². The molecule has 0 bridgehead atoms. The molecule has 2 aromatic heterocycles. The van der Waals surface area contributed by atoms with Crippen molar-refractivity contribution in [1.82, 2.24) is 52.6 Å². The molecule has 0 saturated carbocycles. The molecule has 15 rings (SSSR count). The van der Waals surface area contributed by atoms with Gasteiger partial charge in [0.25, 0.3) is 33.4 Å². The van der Waals surface area contributed by atoms with Crippen LogP contribution in [0, 0.1) is 0 Å². The fourth-order valence-electron chi connectivity index (χ4n) is 17.6. The number of aromatic nitrogens is 4. The molecular formula is C77H106N14O8. The first-order valence-corrected chi connectivity index (χ1v) is 38.4. The van der Waals surface area contributed by atoms with Crippen molar-refractivity contribution in [3.05, 3.63) is 103 Å². The number of aromatic hydroxyl groups is 2. The minimum Gasteiger partial charge on any atom is -0.494 e. The summed E-state index contributed by atoms with van der Waals surface area (Å²) in [6.45, 7) is 22.2. The van der Waals surface area contributed by atoms with Crippen LogP contribution in [0.3, 0.4) is 0 Å². The highest BCUT2D eigenvalue weighted by Crippen LogP contribution is 2.41. The standard InChI is InChI=1S/C42H60N8O4.C35H46N6O4/c51-39-31-29-33(43-13-23-45-15-5-1-6-16-45)37-35-32(40(52)49(41(37)53)27-25-47-19-9-3-10-20-47)30-34(44-14-24-46-17-7-2-8-18-46)38(36(31)35)42(54)50(39)28-26-48-21-11-4-12-22-48;42-32-25-10-11-26-30-29(25)27(34(44)40(32)22-20-38-15-6-2-7-16-38)24-28(36-12-19-37-13-4-1-5-14-37)31(30)35(45)41(33(26)43)23-21-39-17-8-3-9-18-39/h29-30,43,54H,1-28H2;10-11,24,43H,1-9,12-23H2. The van der Waals surface area contributed by atoms with Gasteiger partial charge in [-0.15, -0.1) is 0 Å². The Balaban J connectivity index is 0.000000172. The molecule has 7 fully saturated rings. The molecule has 99 heavy (non-hydrogen) atoms. The molecule has 22 heteroatoms. The normalized spacial score (nSPS) is 20.2. The zero-order valence-corrected chi connectivity index (χ0v) is 58.7. The second-order valence-electron chi connectivity index (χ2n) is 29.7. The average Bonchev–Trinajstić information content (AvgIpc) is 0.705. The third-order valence-corrected chi connectivity index (χ3v) is 23.3. The van der Waals surface area contributed by atoms with Gasteiger partial charge in [0.05, 0.1) is 56.5 Å². The molecule has 11 aliphatic rings. The van der Waals surface area contributed by atoms with Gasteiger partial charge in [-0.25, -0.2) is 0 Å². The van der Waals surface area contributed by atoms with Gasteiger partial charge in [-0.2, -0.15) is 0 Å². The molecule has 0 spiro atoms. The molecule has 22 nitrogen and oxygen atoms in total. The molecule has 7 saturated heterocycles. The second kappa shape index (κ2) is 32.0. The summed E-state index contributed by atoms with van der Waals surface area (Å²) in [5, 5.41) is 31.8. The lowest BCUT2D eigenvalue weighted by Crippen LogP contribution is -2.41. The summed E-state index contributed by atoms with van der Waals surface area (Å²) in [5.41, 5.74) is 0.326. The second-order valence-corrected chi connectivity index (χ2v) is 29.7. The number of piperidine rings is 7. The van der Waals surface area contributed by atoms with Crippen LogP contribution in [0.25, 0.3) is 65.3 Å². The van der Waals surface area contributed by atoms with E-state index in [9.17, 15) is 39.0 Å². The molecular weight excluding hydrogens is 1250 g/mol. The molecule has 2 aliphatic carbocycles. The van der Waals surface area contributed by atoms with Crippen molar-refractivity contribution < 1.29 is 10.2 Å². The quantitative estimate of drug-likeness (QED) is 0.0630. The Kier molecular flexibility index (Phi) is 22.3. The minimum atomic E-state index is -0.348. The van der Waals surface area contributed by atoms with Crippen molar-refractivity contribution in [3.63, 3.8) is 0 Å². The van der Waals surface area contributed by atoms with Crippen molar-refractivity contribution >= 4 is 48.8 Å². The molecule has 0 unspecified atom stereocenters. The number of benzene rings is 4. The average molecular weight is 1360 g/mol. The maximum absolute atomic E-state index is 14.7. The third kappa shape index (κ3) is 14.9. The van der Waals surface area contributed by atoms with Crippen LogP contribution in [-0.4, -0.2) is 220 Å². The van der Waals surface area contributed by atoms with Gasteiger partial charge in [0.2, 0.25) is 11.8 Å². The van der Waals surface area contributed by atoms with Gasteiger partial charge < -0.3 is 49.8 Å². The van der Waals surface area contributed by atoms with E-state index in [-0.39, 0.29) is 45.1 Å². The maximum Gasteiger partial charge on any atom is 0.263 e. The van der Waals surface area contributed by atoms with Gasteiger partial charge in [0.15, 0.2) is 0 Å². The van der Waals surface area contributed by atoms with Gasteiger partial charge in [-0.05, 0) is 212 Å². The van der Waals surface area contributed by atoms with E-state index in [0.717, 1.165) is 163 Å². The van der Waals surface area contributed by atoms with Crippen molar-refractivity contribution in [1.29, 1.82) is 0 Å². The Morgan fingerprint density at radius 2 is 0.646 bits per heavy atom. The first-order chi connectivity index (χ1) is 48.5. The number of anilines is 1. The van der Waals surface area contributed by atoms with Crippen LogP contribution in [0.4, 0.5) is 5.69 Å². The monoisotopic (exact) mass is 1350 g/mol. The Hall–Kier alpha value is -6.92. The van der Waals surface area contributed by atoms with Crippen LogP contribution >= 0.6 is 0 Å². The highest BCUT2D eigenvalue weighted by atomic mass is 16.3. The van der Waals surface area contributed by atoms with Crippen molar-refractivity contribution in [3.8, 4) is 34.0 Å². The lowest BCUT2D eigenvalue weighted by Gasteiger charge is -2.28.